The van der Waals surface area contributed by atoms with E-state index in [1.807, 2.05) is 31.2 Å². The summed E-state index contributed by atoms with van der Waals surface area (Å²) in [6, 6.07) is 15.0. The number of nitrogens with zero attached hydrogens (tertiary/aromatic N) is 6. The molecular weight excluding hydrogens is 386 g/mol. The Hall–Kier alpha value is -4.34. The number of non-ortho nitro benzene ring substituents is 1. The van der Waals surface area contributed by atoms with Crippen molar-refractivity contribution in [1.29, 1.82) is 0 Å². The van der Waals surface area contributed by atoms with Gasteiger partial charge in [-0.2, -0.15) is 10.2 Å². The summed E-state index contributed by atoms with van der Waals surface area (Å²) in [6.45, 7) is 1.87. The minimum atomic E-state index is -0.476. The monoisotopic (exact) mass is 403 g/mol. The predicted molar refractivity (Wildman–Crippen MR) is 107 cm³/mol. The number of hydrogen-bond donors (Lipinski definition) is 1. The molecule has 2 aromatic heterocycles. The van der Waals surface area contributed by atoms with Gasteiger partial charge in [0, 0.05) is 18.3 Å². The first-order valence-electron chi connectivity index (χ1n) is 9.07. The molecule has 0 fully saturated rings. The molecule has 1 unspecified atom stereocenters. The van der Waals surface area contributed by atoms with Crippen LogP contribution < -0.4 is 5.32 Å². The van der Waals surface area contributed by atoms with Gasteiger partial charge in [0.2, 0.25) is 0 Å². The van der Waals surface area contributed by atoms with Crippen molar-refractivity contribution in [2.24, 2.45) is 0 Å². The lowest BCUT2D eigenvalue weighted by Gasteiger charge is -2.14. The molecule has 0 spiro atoms. The van der Waals surface area contributed by atoms with E-state index in [4.69, 9.17) is 0 Å². The highest BCUT2D eigenvalue weighted by molar-refractivity contribution is 5.92. The van der Waals surface area contributed by atoms with Crippen molar-refractivity contribution < 1.29 is 9.72 Å². The van der Waals surface area contributed by atoms with Crippen LogP contribution in [0.15, 0.2) is 73.4 Å². The van der Waals surface area contributed by atoms with Crippen molar-refractivity contribution in [3.05, 3.63) is 94.8 Å². The highest BCUT2D eigenvalue weighted by Crippen LogP contribution is 2.18. The molecule has 150 valence electrons. The lowest BCUT2D eigenvalue weighted by atomic mass is 10.1. The van der Waals surface area contributed by atoms with Gasteiger partial charge in [0.1, 0.15) is 12.7 Å². The number of benzene rings is 2. The summed E-state index contributed by atoms with van der Waals surface area (Å²) in [5, 5.41) is 22.2. The average Bonchev–Trinajstić information content (AvgIpc) is 3.46. The van der Waals surface area contributed by atoms with Crippen LogP contribution in [0.1, 0.15) is 29.0 Å². The van der Waals surface area contributed by atoms with Crippen molar-refractivity contribution in [2.45, 2.75) is 13.0 Å². The molecule has 1 atom stereocenters. The van der Waals surface area contributed by atoms with Crippen LogP contribution in [0.2, 0.25) is 0 Å². The Bertz CT molecular complexity index is 1180. The van der Waals surface area contributed by atoms with E-state index >= 15 is 0 Å². The molecule has 1 amide bonds. The second-order valence-electron chi connectivity index (χ2n) is 6.55. The number of carbonyl (C=O) groups excluding carboxylic acids is 1. The standard InChI is InChI=1S/C20H17N7O3/c1-14(15-5-7-16(8-6-15)26-13-21-12-22-26)23-20(28)19-9-10-25(24-19)17-3-2-4-18(11-17)27(29)30/h2-14H,1H3,(H,23,28). The highest BCUT2D eigenvalue weighted by Gasteiger charge is 2.15. The molecule has 10 heteroatoms. The molecule has 0 aliphatic carbocycles. The third kappa shape index (κ3) is 3.92. The van der Waals surface area contributed by atoms with E-state index < -0.39 is 4.92 Å². The zero-order chi connectivity index (χ0) is 21.1. The summed E-state index contributed by atoms with van der Waals surface area (Å²) in [7, 11) is 0. The first-order chi connectivity index (χ1) is 14.5. The second-order valence-corrected chi connectivity index (χ2v) is 6.55. The topological polar surface area (TPSA) is 121 Å². The van der Waals surface area contributed by atoms with Crippen LogP contribution in [0.4, 0.5) is 5.69 Å². The number of nitrogens with one attached hydrogen (secondary N) is 1. The van der Waals surface area contributed by atoms with Gasteiger partial charge in [-0.15, -0.1) is 0 Å². The summed E-state index contributed by atoms with van der Waals surface area (Å²) < 4.78 is 3.08. The van der Waals surface area contributed by atoms with E-state index in [2.05, 4.69) is 20.5 Å². The van der Waals surface area contributed by atoms with Crippen molar-refractivity contribution in [1.82, 2.24) is 29.9 Å². The first kappa shape index (κ1) is 19.0. The van der Waals surface area contributed by atoms with Crippen LogP contribution in [0.5, 0.6) is 0 Å². The highest BCUT2D eigenvalue weighted by atomic mass is 16.6. The number of rotatable bonds is 6. The van der Waals surface area contributed by atoms with Crippen LogP contribution in [0.25, 0.3) is 11.4 Å². The van der Waals surface area contributed by atoms with Gasteiger partial charge in [-0.25, -0.2) is 14.3 Å². The molecule has 0 aliphatic heterocycles. The van der Waals surface area contributed by atoms with Gasteiger partial charge in [-0.05, 0) is 36.8 Å². The van der Waals surface area contributed by atoms with Crippen molar-refractivity contribution in [3.8, 4) is 11.4 Å². The van der Waals surface area contributed by atoms with Crippen LogP contribution in [0, 0.1) is 10.1 Å². The fourth-order valence-corrected chi connectivity index (χ4v) is 2.95. The summed E-state index contributed by atoms with van der Waals surface area (Å²) in [6.07, 6.45) is 4.66. The van der Waals surface area contributed by atoms with E-state index in [0.717, 1.165) is 11.3 Å². The molecule has 10 nitrogen and oxygen atoms in total. The molecular formula is C20H17N7O3. The number of nitro benzene ring substituents is 1. The number of carbonyl (C=O) groups is 1. The van der Waals surface area contributed by atoms with E-state index in [-0.39, 0.29) is 23.3 Å². The number of amides is 1. The molecule has 0 radical (unpaired) electrons. The normalized spacial score (nSPS) is 11.8. The predicted octanol–water partition coefficient (Wildman–Crippen LogP) is 2.85. The summed E-state index contributed by atoms with van der Waals surface area (Å²) in [5.74, 6) is -0.341. The van der Waals surface area contributed by atoms with Gasteiger partial charge in [0.05, 0.1) is 22.3 Å². The first-order valence-corrected chi connectivity index (χ1v) is 9.07. The molecule has 0 saturated heterocycles. The second kappa shape index (κ2) is 7.95. The largest absolute Gasteiger partial charge is 0.344 e. The van der Waals surface area contributed by atoms with Gasteiger partial charge in [0.15, 0.2) is 5.69 Å². The van der Waals surface area contributed by atoms with Crippen LogP contribution in [-0.4, -0.2) is 35.4 Å². The van der Waals surface area contributed by atoms with Crippen molar-refractivity contribution >= 4 is 11.6 Å². The zero-order valence-corrected chi connectivity index (χ0v) is 15.9. The average molecular weight is 403 g/mol. The van der Waals surface area contributed by atoms with Crippen LogP contribution >= 0.6 is 0 Å². The Kier molecular flexibility index (Phi) is 5.04. The number of hydrogen-bond acceptors (Lipinski definition) is 6. The van der Waals surface area contributed by atoms with E-state index in [1.54, 1.807) is 35.4 Å². The molecule has 2 aromatic carbocycles. The van der Waals surface area contributed by atoms with E-state index in [1.165, 1.54) is 23.1 Å². The van der Waals surface area contributed by atoms with E-state index in [0.29, 0.717) is 5.69 Å². The molecule has 4 rings (SSSR count). The Balaban J connectivity index is 1.45. The fraction of sp³-hybridized carbons (Fsp3) is 0.100. The minimum Gasteiger partial charge on any atom is -0.344 e. The Labute approximate surface area is 170 Å². The lowest BCUT2D eigenvalue weighted by molar-refractivity contribution is -0.384. The zero-order valence-electron chi connectivity index (χ0n) is 15.9. The molecule has 4 aromatic rings. The molecule has 1 N–H and O–H groups in total. The Morgan fingerprint density at radius 2 is 1.90 bits per heavy atom. The van der Waals surface area contributed by atoms with Gasteiger partial charge in [0.25, 0.3) is 11.6 Å². The quantitative estimate of drug-likeness (QED) is 0.390. The molecule has 2 heterocycles. The summed E-state index contributed by atoms with van der Waals surface area (Å²) in [5.41, 5.74) is 2.46. The Morgan fingerprint density at radius 3 is 2.60 bits per heavy atom. The SMILES string of the molecule is CC(NC(=O)c1ccn(-c2cccc([N+](=O)[O-])c2)n1)c1ccc(-n2cncn2)cc1. The summed E-state index contributed by atoms with van der Waals surface area (Å²) in [4.78, 5) is 27.0. The molecule has 0 bridgehead atoms. The van der Waals surface area contributed by atoms with Crippen molar-refractivity contribution in [2.75, 3.05) is 0 Å². The maximum Gasteiger partial charge on any atom is 0.272 e. The molecule has 0 saturated carbocycles. The maximum atomic E-state index is 12.6. The molecule has 30 heavy (non-hydrogen) atoms. The van der Waals surface area contributed by atoms with Gasteiger partial charge >= 0.3 is 0 Å². The third-order valence-corrected chi connectivity index (χ3v) is 4.55. The number of nitro groups is 1. The maximum absolute atomic E-state index is 12.6. The van der Waals surface area contributed by atoms with Crippen LogP contribution in [0.3, 0.4) is 0 Å². The smallest absolute Gasteiger partial charge is 0.272 e. The van der Waals surface area contributed by atoms with Gasteiger partial charge in [-0.1, -0.05) is 18.2 Å². The third-order valence-electron chi connectivity index (χ3n) is 4.55. The van der Waals surface area contributed by atoms with Gasteiger partial charge in [-0.3, -0.25) is 14.9 Å². The van der Waals surface area contributed by atoms with Crippen molar-refractivity contribution in [3.63, 3.8) is 0 Å². The Morgan fingerprint density at radius 1 is 1.10 bits per heavy atom. The fourth-order valence-electron chi connectivity index (χ4n) is 2.95. The van der Waals surface area contributed by atoms with Gasteiger partial charge < -0.3 is 5.32 Å². The lowest BCUT2D eigenvalue weighted by Crippen LogP contribution is -2.27. The number of aromatic nitrogens is 5. The van der Waals surface area contributed by atoms with E-state index in [9.17, 15) is 14.9 Å². The molecule has 0 aliphatic rings. The minimum absolute atomic E-state index is 0.0445. The van der Waals surface area contributed by atoms with Crippen LogP contribution in [-0.2, 0) is 0 Å². The summed E-state index contributed by atoms with van der Waals surface area (Å²) >= 11 is 0.